The summed E-state index contributed by atoms with van der Waals surface area (Å²) in [5.74, 6) is -0.693. The van der Waals surface area contributed by atoms with Gasteiger partial charge >= 0.3 is 24.5 Å². The molecule has 4 aliphatic rings. The summed E-state index contributed by atoms with van der Waals surface area (Å²) in [6, 6.07) is 8.25. The number of nitrogens with zero attached hydrogens (tertiary/aromatic N) is 4. The fourth-order valence-corrected chi connectivity index (χ4v) is 7.69. The summed E-state index contributed by atoms with van der Waals surface area (Å²) in [5.41, 5.74) is 1.76. The number of benzene rings is 2. The summed E-state index contributed by atoms with van der Waals surface area (Å²) >= 11 is 0. The maximum Gasteiger partial charge on any atom is 0.418 e. The molecule has 3 fully saturated rings. The Kier molecular flexibility index (Phi) is 11.1. The standard InChI is InChI=1S/C35H43F6N7O4/c36-34(37,38)26-19-22(20-27(30(26)42)35(39,40)41)21-29(31(49)46-12-6-24(7-13-46)45-17-10-43-11-18-45)52-33(51)47-14-8-25(9-15-47)48-16-5-23-3-1-2-4-28(23)44-32(48)50/h1-4,19-20,24-25,29,43H,5-18,21,42H2,(H,44,50). The van der Waals surface area contributed by atoms with Crippen molar-refractivity contribution in [3.63, 3.8) is 0 Å². The number of rotatable bonds is 6. The molecule has 6 rings (SSSR count). The predicted octanol–water partition coefficient (Wildman–Crippen LogP) is 4.80. The zero-order chi connectivity index (χ0) is 37.2. The van der Waals surface area contributed by atoms with Gasteiger partial charge < -0.3 is 35.8 Å². The van der Waals surface area contributed by atoms with Crippen LogP contribution in [-0.2, 0) is 34.7 Å². The topological polar surface area (TPSA) is 123 Å². The molecule has 0 bridgehead atoms. The lowest BCUT2D eigenvalue weighted by atomic mass is 9.97. The number of fused-ring (bicyclic) bond motifs is 1. The molecule has 2 aromatic rings. The fraction of sp³-hybridized carbons (Fsp3) is 0.571. The highest BCUT2D eigenvalue weighted by molar-refractivity contribution is 5.91. The summed E-state index contributed by atoms with van der Waals surface area (Å²) in [6.07, 6.45) is -11.1. The lowest BCUT2D eigenvalue weighted by Gasteiger charge is -2.41. The third kappa shape index (κ3) is 8.51. The van der Waals surface area contributed by atoms with E-state index >= 15 is 0 Å². The molecular formula is C35H43F6N7O4. The number of likely N-dealkylation sites (tertiary alicyclic amines) is 2. The second-order valence-corrected chi connectivity index (χ2v) is 13.8. The van der Waals surface area contributed by atoms with E-state index in [4.69, 9.17) is 10.5 Å². The van der Waals surface area contributed by atoms with Crippen LogP contribution in [0.1, 0.15) is 47.9 Å². The number of ether oxygens (including phenoxy) is 1. The van der Waals surface area contributed by atoms with Crippen LogP contribution in [0.3, 0.4) is 0 Å². The second-order valence-electron chi connectivity index (χ2n) is 13.8. The summed E-state index contributed by atoms with van der Waals surface area (Å²) in [7, 11) is 0. The molecule has 4 aliphatic heterocycles. The lowest BCUT2D eigenvalue weighted by Crippen LogP contribution is -2.54. The summed E-state index contributed by atoms with van der Waals surface area (Å²) in [4.78, 5) is 47.4. The second kappa shape index (κ2) is 15.4. The lowest BCUT2D eigenvalue weighted by molar-refractivity contribution is -0.142. The molecule has 0 spiro atoms. The maximum absolute atomic E-state index is 13.9. The minimum Gasteiger partial charge on any atom is -0.436 e. The van der Waals surface area contributed by atoms with E-state index in [1.54, 1.807) is 4.90 Å². The van der Waals surface area contributed by atoms with Crippen LogP contribution >= 0.6 is 0 Å². The molecule has 11 nitrogen and oxygen atoms in total. The highest BCUT2D eigenvalue weighted by atomic mass is 19.4. The summed E-state index contributed by atoms with van der Waals surface area (Å²) in [5, 5.41) is 6.23. The van der Waals surface area contributed by atoms with E-state index in [0.717, 1.165) is 37.4 Å². The number of alkyl halides is 6. The van der Waals surface area contributed by atoms with E-state index in [1.165, 1.54) is 9.80 Å². The van der Waals surface area contributed by atoms with Gasteiger partial charge in [-0.05, 0) is 61.4 Å². The van der Waals surface area contributed by atoms with Gasteiger partial charge in [0.1, 0.15) is 0 Å². The summed E-state index contributed by atoms with van der Waals surface area (Å²) < 4.78 is 88.8. The van der Waals surface area contributed by atoms with Crippen molar-refractivity contribution >= 4 is 29.4 Å². The van der Waals surface area contributed by atoms with Gasteiger partial charge in [-0.1, -0.05) is 18.2 Å². The highest BCUT2D eigenvalue weighted by Gasteiger charge is 2.42. The number of amides is 4. The monoisotopic (exact) mass is 739 g/mol. The Hall–Kier alpha value is -4.25. The van der Waals surface area contributed by atoms with Gasteiger partial charge in [0, 0.05) is 83.1 Å². The van der Waals surface area contributed by atoms with Crippen LogP contribution in [0.5, 0.6) is 0 Å². The zero-order valence-corrected chi connectivity index (χ0v) is 28.6. The van der Waals surface area contributed by atoms with E-state index in [-0.39, 0.29) is 44.3 Å². The molecule has 1 unspecified atom stereocenters. The third-order valence-corrected chi connectivity index (χ3v) is 10.5. The van der Waals surface area contributed by atoms with Gasteiger partial charge in [-0.3, -0.25) is 9.69 Å². The number of urea groups is 1. The molecule has 1 atom stereocenters. The SMILES string of the molecule is Nc1c(C(F)(F)F)cc(CC(OC(=O)N2CCC(N3CCc4ccccc4NC3=O)CC2)C(=O)N2CCC(N3CCNCC3)CC2)cc1C(F)(F)F. The number of nitrogens with two attached hydrogens (primary N) is 1. The average Bonchev–Trinajstić information content (AvgIpc) is 3.29. The molecule has 284 valence electrons. The summed E-state index contributed by atoms with van der Waals surface area (Å²) in [6.45, 7) is 4.77. The quantitative estimate of drug-likeness (QED) is 0.288. The molecule has 0 aromatic heterocycles. The Morgan fingerprint density at radius 3 is 2.02 bits per heavy atom. The Morgan fingerprint density at radius 1 is 0.827 bits per heavy atom. The number of halogens is 6. The molecule has 0 radical (unpaired) electrons. The van der Waals surface area contributed by atoms with Gasteiger partial charge in [0.2, 0.25) is 0 Å². The van der Waals surface area contributed by atoms with Crippen LogP contribution in [0, 0.1) is 0 Å². The molecule has 0 saturated carbocycles. The van der Waals surface area contributed by atoms with Crippen molar-refractivity contribution < 1.29 is 45.5 Å². The minimum absolute atomic E-state index is 0.162. The molecule has 2 aromatic carbocycles. The van der Waals surface area contributed by atoms with Crippen molar-refractivity contribution in [2.24, 2.45) is 0 Å². The third-order valence-electron chi connectivity index (χ3n) is 10.5. The molecule has 4 heterocycles. The van der Waals surface area contributed by atoms with Crippen LogP contribution in [0.2, 0.25) is 0 Å². The van der Waals surface area contributed by atoms with Gasteiger partial charge in [0.25, 0.3) is 5.91 Å². The van der Waals surface area contributed by atoms with Crippen molar-refractivity contribution in [3.8, 4) is 0 Å². The highest BCUT2D eigenvalue weighted by Crippen LogP contribution is 2.42. The number of hydrogen-bond acceptors (Lipinski definition) is 7. The largest absolute Gasteiger partial charge is 0.436 e. The number of carbonyl (C=O) groups is 3. The minimum atomic E-state index is -5.21. The van der Waals surface area contributed by atoms with E-state index in [9.17, 15) is 40.7 Å². The molecule has 4 amide bonds. The van der Waals surface area contributed by atoms with E-state index in [2.05, 4.69) is 15.5 Å². The first-order valence-corrected chi connectivity index (χ1v) is 17.6. The smallest absolute Gasteiger partial charge is 0.418 e. The van der Waals surface area contributed by atoms with E-state index < -0.39 is 59.3 Å². The Balaban J connectivity index is 1.17. The van der Waals surface area contributed by atoms with Crippen LogP contribution in [0.25, 0.3) is 0 Å². The molecule has 52 heavy (non-hydrogen) atoms. The fourth-order valence-electron chi connectivity index (χ4n) is 7.69. The first-order chi connectivity index (χ1) is 24.7. The van der Waals surface area contributed by atoms with Crippen LogP contribution in [0.15, 0.2) is 36.4 Å². The van der Waals surface area contributed by atoms with Crippen molar-refractivity contribution in [1.29, 1.82) is 0 Å². The van der Waals surface area contributed by atoms with Gasteiger partial charge in [-0.15, -0.1) is 0 Å². The zero-order valence-electron chi connectivity index (χ0n) is 28.6. The predicted molar refractivity (Wildman–Crippen MR) is 179 cm³/mol. The van der Waals surface area contributed by atoms with Crippen molar-refractivity contribution in [2.45, 2.75) is 69.1 Å². The molecule has 17 heteroatoms. The van der Waals surface area contributed by atoms with Crippen LogP contribution in [-0.4, -0.2) is 115 Å². The van der Waals surface area contributed by atoms with E-state index in [1.807, 2.05) is 24.3 Å². The molecule has 0 aliphatic carbocycles. The number of anilines is 2. The number of piperazine rings is 1. The number of piperidine rings is 2. The van der Waals surface area contributed by atoms with Gasteiger partial charge in [0.05, 0.1) is 16.8 Å². The molecular weight excluding hydrogens is 696 g/mol. The Bertz CT molecular complexity index is 1580. The van der Waals surface area contributed by atoms with Crippen LogP contribution < -0.4 is 16.4 Å². The van der Waals surface area contributed by atoms with Crippen molar-refractivity contribution in [2.75, 3.05) is 70.0 Å². The maximum atomic E-state index is 13.9. The normalized spacial score (nSPS) is 20.6. The van der Waals surface area contributed by atoms with Gasteiger partial charge in [-0.25, -0.2) is 9.59 Å². The number of nitrogens with one attached hydrogen (secondary N) is 2. The van der Waals surface area contributed by atoms with Crippen molar-refractivity contribution in [1.82, 2.24) is 24.9 Å². The average molecular weight is 740 g/mol. The molecule has 4 N–H and O–H groups in total. The van der Waals surface area contributed by atoms with Crippen LogP contribution in [0.4, 0.5) is 47.3 Å². The first kappa shape index (κ1) is 37.5. The van der Waals surface area contributed by atoms with E-state index in [0.29, 0.717) is 50.8 Å². The number of hydrogen-bond donors (Lipinski definition) is 3. The number of nitrogen functional groups attached to an aromatic ring is 1. The Morgan fingerprint density at radius 2 is 1.40 bits per heavy atom. The Labute approximate surface area is 297 Å². The molecule has 3 saturated heterocycles. The first-order valence-electron chi connectivity index (χ1n) is 17.6. The van der Waals surface area contributed by atoms with Gasteiger partial charge in [-0.2, -0.15) is 26.3 Å². The number of para-hydroxylation sites is 1. The number of carbonyl (C=O) groups excluding carboxylic acids is 3. The van der Waals surface area contributed by atoms with Gasteiger partial charge in [0.15, 0.2) is 6.10 Å². The van der Waals surface area contributed by atoms with Crippen molar-refractivity contribution in [3.05, 3.63) is 58.7 Å².